The van der Waals surface area contributed by atoms with Gasteiger partial charge in [0.25, 0.3) is 0 Å². The molecule has 0 aliphatic heterocycles. The van der Waals surface area contributed by atoms with Gasteiger partial charge in [0, 0.05) is 30.6 Å². The molecule has 0 amide bonds. The summed E-state index contributed by atoms with van der Waals surface area (Å²) in [5, 5.41) is 10.1. The van der Waals surface area contributed by atoms with Crippen LogP contribution in [0.4, 0.5) is 0 Å². The molecule has 1 unspecified atom stereocenters. The van der Waals surface area contributed by atoms with Crippen LogP contribution < -0.4 is 10.6 Å². The van der Waals surface area contributed by atoms with Gasteiger partial charge in [0.1, 0.15) is 0 Å². The molecule has 0 radical (unpaired) electrons. The first-order chi connectivity index (χ1) is 7.08. The molecule has 0 saturated carbocycles. The predicted octanol–water partition coefficient (Wildman–Crippen LogP) is 1.93. The van der Waals surface area contributed by atoms with E-state index in [2.05, 4.69) is 41.8 Å². The molecule has 0 aliphatic rings. The Morgan fingerprint density at radius 1 is 1.33 bits per heavy atom. The number of hydrogen-bond acceptors (Lipinski definition) is 4. The second-order valence-corrected chi connectivity index (χ2v) is 5.26. The van der Waals surface area contributed by atoms with Crippen molar-refractivity contribution in [2.75, 3.05) is 6.54 Å². The number of nitrogens with one attached hydrogen (secondary N) is 2. The summed E-state index contributed by atoms with van der Waals surface area (Å²) in [4.78, 5) is 4.41. The van der Waals surface area contributed by atoms with Crippen LogP contribution in [0.3, 0.4) is 0 Å². The van der Waals surface area contributed by atoms with E-state index >= 15 is 0 Å². The highest BCUT2D eigenvalue weighted by Gasteiger charge is 2.03. The van der Waals surface area contributed by atoms with Gasteiger partial charge in [-0.15, -0.1) is 11.3 Å². The van der Waals surface area contributed by atoms with Crippen molar-refractivity contribution < 1.29 is 0 Å². The maximum absolute atomic E-state index is 4.41. The van der Waals surface area contributed by atoms with E-state index in [0.717, 1.165) is 23.8 Å². The van der Waals surface area contributed by atoms with Gasteiger partial charge in [0.15, 0.2) is 0 Å². The Hall–Kier alpha value is -0.450. The largest absolute Gasteiger partial charge is 0.313 e. The van der Waals surface area contributed by atoms with Gasteiger partial charge >= 0.3 is 0 Å². The van der Waals surface area contributed by atoms with Gasteiger partial charge in [-0.1, -0.05) is 13.8 Å². The molecule has 86 valence electrons. The van der Waals surface area contributed by atoms with Gasteiger partial charge in [0.05, 0.1) is 10.7 Å². The van der Waals surface area contributed by atoms with Crippen LogP contribution in [0.5, 0.6) is 0 Å². The first kappa shape index (κ1) is 12.6. The summed E-state index contributed by atoms with van der Waals surface area (Å²) in [6.07, 6.45) is 0. The molecule has 3 nitrogen and oxygen atoms in total. The van der Waals surface area contributed by atoms with Crippen molar-refractivity contribution >= 4 is 11.3 Å². The van der Waals surface area contributed by atoms with E-state index in [1.165, 1.54) is 0 Å². The highest BCUT2D eigenvalue weighted by atomic mass is 32.1. The van der Waals surface area contributed by atoms with Crippen molar-refractivity contribution in [3.63, 3.8) is 0 Å². The number of thiazole rings is 1. The summed E-state index contributed by atoms with van der Waals surface area (Å²) in [5.74, 6) is 0. The first-order valence-electron chi connectivity index (χ1n) is 5.45. The fraction of sp³-hybridized carbons (Fsp3) is 0.727. The monoisotopic (exact) mass is 227 g/mol. The van der Waals surface area contributed by atoms with Crippen molar-refractivity contribution in [3.05, 3.63) is 16.1 Å². The van der Waals surface area contributed by atoms with E-state index in [4.69, 9.17) is 0 Å². The van der Waals surface area contributed by atoms with Crippen LogP contribution in [-0.2, 0) is 6.54 Å². The molecule has 0 bridgehead atoms. The summed E-state index contributed by atoms with van der Waals surface area (Å²) in [6.45, 7) is 10.4. The summed E-state index contributed by atoms with van der Waals surface area (Å²) in [5.41, 5.74) is 1.15. The minimum Gasteiger partial charge on any atom is -0.313 e. The third-order valence-corrected chi connectivity index (χ3v) is 2.95. The van der Waals surface area contributed by atoms with E-state index in [1.54, 1.807) is 11.3 Å². The lowest BCUT2D eigenvalue weighted by atomic mass is 10.3. The minimum absolute atomic E-state index is 0.481. The van der Waals surface area contributed by atoms with E-state index in [9.17, 15) is 0 Å². The third kappa shape index (κ3) is 5.25. The van der Waals surface area contributed by atoms with Crippen molar-refractivity contribution in [3.8, 4) is 0 Å². The standard InChI is InChI=1S/C11H21N3S/c1-8(2)12-5-9(3)13-6-11-7-15-10(4)14-11/h7-9,12-13H,5-6H2,1-4H3. The van der Waals surface area contributed by atoms with Gasteiger partial charge in [0.2, 0.25) is 0 Å². The molecule has 0 spiro atoms. The fourth-order valence-electron chi connectivity index (χ4n) is 1.25. The van der Waals surface area contributed by atoms with Crippen LogP contribution in [0.25, 0.3) is 0 Å². The zero-order chi connectivity index (χ0) is 11.3. The lowest BCUT2D eigenvalue weighted by molar-refractivity contribution is 0.472. The maximum atomic E-state index is 4.41. The van der Waals surface area contributed by atoms with Crippen molar-refractivity contribution in [2.24, 2.45) is 0 Å². The van der Waals surface area contributed by atoms with Crippen molar-refractivity contribution in [2.45, 2.75) is 46.3 Å². The second kappa shape index (κ2) is 6.20. The molecule has 1 aromatic rings. The zero-order valence-corrected chi connectivity index (χ0v) is 10.8. The van der Waals surface area contributed by atoms with E-state index in [-0.39, 0.29) is 0 Å². The molecule has 1 atom stereocenters. The molecular weight excluding hydrogens is 206 g/mol. The topological polar surface area (TPSA) is 37.0 Å². The van der Waals surface area contributed by atoms with Crippen LogP contribution in [0.15, 0.2) is 5.38 Å². The molecule has 0 saturated heterocycles. The third-order valence-electron chi connectivity index (χ3n) is 2.13. The summed E-state index contributed by atoms with van der Waals surface area (Å²) in [7, 11) is 0. The number of hydrogen-bond donors (Lipinski definition) is 2. The summed E-state index contributed by atoms with van der Waals surface area (Å²) in [6, 6.07) is 1.03. The first-order valence-corrected chi connectivity index (χ1v) is 6.33. The normalized spacial score (nSPS) is 13.4. The zero-order valence-electron chi connectivity index (χ0n) is 10.0. The minimum atomic E-state index is 0.481. The molecule has 1 rings (SSSR count). The summed E-state index contributed by atoms with van der Waals surface area (Å²) >= 11 is 1.71. The van der Waals surface area contributed by atoms with Crippen LogP contribution in [0, 0.1) is 6.92 Å². The number of nitrogens with zero attached hydrogens (tertiary/aromatic N) is 1. The SMILES string of the molecule is Cc1nc(CNC(C)CNC(C)C)cs1. The van der Waals surface area contributed by atoms with Crippen LogP contribution >= 0.6 is 11.3 Å². The molecule has 4 heteroatoms. The average molecular weight is 227 g/mol. The second-order valence-electron chi connectivity index (χ2n) is 4.20. The molecule has 0 aromatic carbocycles. The number of aromatic nitrogens is 1. The average Bonchev–Trinajstić information content (AvgIpc) is 2.58. The Kier molecular flexibility index (Phi) is 5.22. The molecule has 15 heavy (non-hydrogen) atoms. The van der Waals surface area contributed by atoms with E-state index in [1.807, 2.05) is 6.92 Å². The molecule has 2 N–H and O–H groups in total. The van der Waals surface area contributed by atoms with E-state index < -0.39 is 0 Å². The molecular formula is C11H21N3S. The van der Waals surface area contributed by atoms with Gasteiger partial charge in [-0.05, 0) is 13.8 Å². The van der Waals surface area contributed by atoms with Gasteiger partial charge in [-0.2, -0.15) is 0 Å². The van der Waals surface area contributed by atoms with Crippen LogP contribution in [0.1, 0.15) is 31.5 Å². The fourth-order valence-corrected chi connectivity index (χ4v) is 1.87. The smallest absolute Gasteiger partial charge is 0.0897 e. The lowest BCUT2D eigenvalue weighted by Gasteiger charge is -2.15. The van der Waals surface area contributed by atoms with Crippen LogP contribution in [-0.4, -0.2) is 23.6 Å². The predicted molar refractivity (Wildman–Crippen MR) is 66.3 cm³/mol. The molecule has 0 aliphatic carbocycles. The highest BCUT2D eigenvalue weighted by molar-refractivity contribution is 7.09. The van der Waals surface area contributed by atoms with Crippen LogP contribution in [0.2, 0.25) is 0 Å². The lowest BCUT2D eigenvalue weighted by Crippen LogP contribution is -2.38. The van der Waals surface area contributed by atoms with Gasteiger partial charge < -0.3 is 10.6 Å². The highest BCUT2D eigenvalue weighted by Crippen LogP contribution is 2.07. The van der Waals surface area contributed by atoms with Crippen molar-refractivity contribution in [1.29, 1.82) is 0 Å². The Bertz CT molecular complexity index is 283. The Labute approximate surface area is 96.3 Å². The number of aryl methyl sites for hydroxylation is 1. The van der Waals surface area contributed by atoms with Gasteiger partial charge in [-0.3, -0.25) is 0 Å². The molecule has 0 fully saturated rings. The quantitative estimate of drug-likeness (QED) is 0.779. The Balaban J connectivity index is 2.19. The maximum Gasteiger partial charge on any atom is 0.0897 e. The van der Waals surface area contributed by atoms with Crippen molar-refractivity contribution in [1.82, 2.24) is 15.6 Å². The Morgan fingerprint density at radius 2 is 2.07 bits per heavy atom. The molecule has 1 aromatic heterocycles. The number of rotatable bonds is 6. The van der Waals surface area contributed by atoms with E-state index in [0.29, 0.717) is 12.1 Å². The Morgan fingerprint density at radius 3 is 2.60 bits per heavy atom. The molecule has 1 heterocycles. The summed E-state index contributed by atoms with van der Waals surface area (Å²) < 4.78 is 0. The van der Waals surface area contributed by atoms with Gasteiger partial charge in [-0.25, -0.2) is 4.98 Å².